The summed E-state index contributed by atoms with van der Waals surface area (Å²) in [7, 11) is 2.08. The molecule has 3 N–H and O–H groups in total. The van der Waals surface area contributed by atoms with E-state index in [-0.39, 0.29) is 11.6 Å². The largest absolute Gasteiger partial charge is 0.473 e. The van der Waals surface area contributed by atoms with Crippen LogP contribution in [-0.4, -0.2) is 77.6 Å². The van der Waals surface area contributed by atoms with Gasteiger partial charge in [0.25, 0.3) is 0 Å². The van der Waals surface area contributed by atoms with E-state index < -0.39 is 23.6 Å². The van der Waals surface area contributed by atoms with E-state index in [1.54, 1.807) is 0 Å². The van der Waals surface area contributed by atoms with Gasteiger partial charge in [-0.1, -0.05) is 0 Å². The molecule has 1 aliphatic heterocycles. The second-order valence-electron chi connectivity index (χ2n) is 5.68. The van der Waals surface area contributed by atoms with E-state index in [4.69, 9.17) is 19.8 Å². The van der Waals surface area contributed by atoms with Crippen LogP contribution in [0.25, 0.3) is 0 Å². The molecule has 0 spiro atoms. The Kier molecular flexibility index (Phi) is 8.59. The molecule has 0 atom stereocenters. The van der Waals surface area contributed by atoms with Crippen LogP contribution < -0.4 is 5.32 Å². The van der Waals surface area contributed by atoms with E-state index in [0.29, 0.717) is 13.0 Å². The van der Waals surface area contributed by atoms with Crippen molar-refractivity contribution < 1.29 is 33.4 Å². The molecule has 0 aromatic heterocycles. The number of nitrogens with one attached hydrogen (secondary N) is 1. The third-order valence-corrected chi connectivity index (χ3v) is 3.64. The van der Waals surface area contributed by atoms with E-state index in [1.807, 2.05) is 0 Å². The minimum atomic E-state index is -1.82. The summed E-state index contributed by atoms with van der Waals surface area (Å²) in [6.07, 6.45) is 0.350. The van der Waals surface area contributed by atoms with Gasteiger partial charge in [0.1, 0.15) is 0 Å². The van der Waals surface area contributed by atoms with Crippen molar-refractivity contribution in [1.29, 1.82) is 0 Å². The molecule has 0 unspecified atom stereocenters. The van der Waals surface area contributed by atoms with Crippen molar-refractivity contribution >= 4 is 23.5 Å². The lowest BCUT2D eigenvalue weighted by molar-refractivity contribution is -0.159. The molecule has 26 heavy (non-hydrogen) atoms. The monoisotopic (exact) mass is 373 g/mol. The third kappa shape index (κ3) is 7.99. The second kappa shape index (κ2) is 10.4. The van der Waals surface area contributed by atoms with Gasteiger partial charge in [0.05, 0.1) is 0 Å². The number of hydrogen-bond acceptors (Lipinski definition) is 5. The summed E-state index contributed by atoms with van der Waals surface area (Å²) in [5, 5.41) is 17.4. The lowest BCUT2D eigenvalue weighted by Crippen LogP contribution is -2.45. The lowest BCUT2D eigenvalue weighted by Gasteiger charge is -2.32. The quantitative estimate of drug-likeness (QED) is 0.666. The van der Waals surface area contributed by atoms with Crippen LogP contribution >= 0.6 is 0 Å². The Morgan fingerprint density at radius 2 is 1.62 bits per heavy atom. The third-order valence-electron chi connectivity index (χ3n) is 3.64. The number of likely N-dealkylation sites (N-methyl/N-ethyl adjacent to an activating group) is 1. The molecular weight excluding hydrogens is 352 g/mol. The highest BCUT2D eigenvalue weighted by Gasteiger charge is 2.14. The molecule has 1 heterocycles. The molecule has 0 saturated carbocycles. The van der Waals surface area contributed by atoms with Gasteiger partial charge >= 0.3 is 11.9 Å². The molecule has 1 aliphatic rings. The molecule has 1 aromatic rings. The van der Waals surface area contributed by atoms with Gasteiger partial charge in [-0.3, -0.25) is 4.79 Å². The molecule has 1 fully saturated rings. The number of piperazine rings is 1. The highest BCUT2D eigenvalue weighted by atomic mass is 19.2. The van der Waals surface area contributed by atoms with Crippen LogP contribution in [0.5, 0.6) is 0 Å². The number of rotatable bonds is 4. The summed E-state index contributed by atoms with van der Waals surface area (Å²) >= 11 is 0. The number of nitrogens with zero attached hydrogens (tertiary/aromatic N) is 2. The summed E-state index contributed by atoms with van der Waals surface area (Å²) in [4.78, 5) is 34.4. The summed E-state index contributed by atoms with van der Waals surface area (Å²) in [5.41, 5.74) is 0.285. The summed E-state index contributed by atoms with van der Waals surface area (Å²) in [6.45, 7) is 4.60. The molecule has 1 aromatic carbocycles. The number of hydrogen-bond donors (Lipinski definition) is 3. The van der Waals surface area contributed by atoms with Gasteiger partial charge in [-0.05, 0) is 19.2 Å². The molecular formula is C16H21F2N3O5. The predicted molar refractivity (Wildman–Crippen MR) is 88.8 cm³/mol. The maximum atomic E-state index is 13.0. The summed E-state index contributed by atoms with van der Waals surface area (Å²) in [6, 6.07) is 3.35. The Hall–Kier alpha value is -2.59. The van der Waals surface area contributed by atoms with E-state index in [2.05, 4.69) is 22.2 Å². The van der Waals surface area contributed by atoms with Gasteiger partial charge in [-0.25, -0.2) is 18.4 Å². The zero-order valence-electron chi connectivity index (χ0n) is 14.2. The predicted octanol–water partition coefficient (Wildman–Crippen LogP) is 0.696. The van der Waals surface area contributed by atoms with Gasteiger partial charge in [-0.15, -0.1) is 0 Å². The van der Waals surface area contributed by atoms with Crippen molar-refractivity contribution in [3.05, 3.63) is 29.8 Å². The van der Waals surface area contributed by atoms with Gasteiger partial charge in [-0.2, -0.15) is 0 Å². The van der Waals surface area contributed by atoms with Crippen molar-refractivity contribution in [1.82, 2.24) is 9.80 Å². The minimum absolute atomic E-state index is 0.185. The maximum Gasteiger partial charge on any atom is 0.414 e. The van der Waals surface area contributed by atoms with Crippen LogP contribution in [0.15, 0.2) is 18.2 Å². The molecule has 8 nitrogen and oxygen atoms in total. The smallest absolute Gasteiger partial charge is 0.414 e. The number of carboxylic acid groups (broad SMARTS) is 2. The minimum Gasteiger partial charge on any atom is -0.473 e. The number of aliphatic carboxylic acids is 2. The van der Waals surface area contributed by atoms with Crippen molar-refractivity contribution in [2.24, 2.45) is 0 Å². The molecule has 1 saturated heterocycles. The highest BCUT2D eigenvalue weighted by Crippen LogP contribution is 2.13. The molecule has 10 heteroatoms. The first-order valence-corrected chi connectivity index (χ1v) is 7.81. The normalized spacial score (nSPS) is 14.9. The van der Waals surface area contributed by atoms with Gasteiger partial charge in [0.2, 0.25) is 5.91 Å². The number of anilines is 1. The zero-order valence-corrected chi connectivity index (χ0v) is 14.2. The van der Waals surface area contributed by atoms with Gasteiger partial charge < -0.3 is 25.3 Å². The Bertz CT molecular complexity index is 637. The SMILES string of the molecule is CN1CCN(CCC(=O)Nc2ccc(F)c(F)c2)CC1.O=C(O)C(=O)O. The van der Waals surface area contributed by atoms with Crippen LogP contribution in [0.4, 0.5) is 14.5 Å². The highest BCUT2D eigenvalue weighted by molar-refractivity contribution is 6.27. The first-order chi connectivity index (χ1) is 12.2. The van der Waals surface area contributed by atoms with E-state index in [0.717, 1.165) is 38.3 Å². The van der Waals surface area contributed by atoms with Crippen molar-refractivity contribution in [2.75, 3.05) is 45.1 Å². The van der Waals surface area contributed by atoms with Crippen LogP contribution in [0.2, 0.25) is 0 Å². The van der Waals surface area contributed by atoms with Gasteiger partial charge in [0, 0.05) is 50.9 Å². The van der Waals surface area contributed by atoms with E-state index >= 15 is 0 Å². The van der Waals surface area contributed by atoms with Crippen molar-refractivity contribution in [3.8, 4) is 0 Å². The zero-order chi connectivity index (χ0) is 19.7. The summed E-state index contributed by atoms with van der Waals surface area (Å²) < 4.78 is 25.8. The standard InChI is InChI=1S/C14H19F2N3O.C2H2O4/c1-18-6-8-19(9-7-18)5-4-14(20)17-11-2-3-12(15)13(16)10-11;3-1(4)2(5)6/h2-3,10H,4-9H2,1H3,(H,17,20);(H,3,4)(H,5,6). The number of carboxylic acids is 2. The Labute approximate surface area is 149 Å². The number of halogens is 2. The molecule has 1 amide bonds. The molecule has 144 valence electrons. The topological polar surface area (TPSA) is 110 Å². The average Bonchev–Trinajstić information content (AvgIpc) is 2.58. The van der Waals surface area contributed by atoms with Crippen molar-refractivity contribution in [2.45, 2.75) is 6.42 Å². The Morgan fingerprint density at radius 3 is 2.12 bits per heavy atom. The molecule has 0 radical (unpaired) electrons. The van der Waals surface area contributed by atoms with Crippen LogP contribution in [0.3, 0.4) is 0 Å². The van der Waals surface area contributed by atoms with Crippen LogP contribution in [0, 0.1) is 11.6 Å². The first-order valence-electron chi connectivity index (χ1n) is 7.81. The van der Waals surface area contributed by atoms with E-state index in [9.17, 15) is 13.6 Å². The Balaban J connectivity index is 0.000000487. The number of amides is 1. The molecule has 0 aliphatic carbocycles. The Morgan fingerprint density at radius 1 is 1.04 bits per heavy atom. The average molecular weight is 373 g/mol. The maximum absolute atomic E-state index is 13.0. The lowest BCUT2D eigenvalue weighted by atomic mass is 10.2. The number of carbonyl (C=O) groups is 3. The second-order valence-corrected chi connectivity index (χ2v) is 5.68. The molecule has 0 bridgehead atoms. The summed E-state index contributed by atoms with van der Waals surface area (Å²) in [5.74, 6) is -5.71. The van der Waals surface area contributed by atoms with Crippen LogP contribution in [0.1, 0.15) is 6.42 Å². The number of carbonyl (C=O) groups excluding carboxylic acids is 1. The van der Waals surface area contributed by atoms with Crippen molar-refractivity contribution in [3.63, 3.8) is 0 Å². The fourth-order valence-electron chi connectivity index (χ4n) is 2.13. The molecule has 2 rings (SSSR count). The fourth-order valence-corrected chi connectivity index (χ4v) is 2.13. The fraction of sp³-hybridized carbons (Fsp3) is 0.438. The van der Waals surface area contributed by atoms with Crippen LogP contribution in [-0.2, 0) is 14.4 Å². The van der Waals surface area contributed by atoms with E-state index in [1.165, 1.54) is 6.07 Å². The number of benzene rings is 1. The first kappa shape index (κ1) is 21.5. The van der Waals surface area contributed by atoms with Gasteiger partial charge in [0.15, 0.2) is 11.6 Å².